The van der Waals surface area contributed by atoms with E-state index in [9.17, 15) is 35.9 Å². The predicted molar refractivity (Wildman–Crippen MR) is 140 cm³/mol. The van der Waals surface area contributed by atoms with Gasteiger partial charge in [0.05, 0.1) is 22.5 Å². The summed E-state index contributed by atoms with van der Waals surface area (Å²) in [5, 5.41) is 2.73. The first-order chi connectivity index (χ1) is 18.6. The Bertz CT molecular complexity index is 1360. The van der Waals surface area contributed by atoms with Gasteiger partial charge in [-0.1, -0.05) is 52.0 Å². The number of nitrogens with zero attached hydrogens (tertiary/aromatic N) is 2. The Labute approximate surface area is 228 Å². The fraction of sp³-hybridized carbons (Fsp3) is 0.429. The monoisotopic (exact) mass is 570 g/mol. The van der Waals surface area contributed by atoms with E-state index >= 15 is 0 Å². The average molecular weight is 571 g/mol. The molecule has 0 spiro atoms. The second-order valence-electron chi connectivity index (χ2n) is 10.5. The van der Waals surface area contributed by atoms with Crippen LogP contribution < -0.4 is 15.9 Å². The molecule has 218 valence electrons. The zero-order chi connectivity index (χ0) is 29.8. The number of H-pyrrole nitrogens is 1. The summed E-state index contributed by atoms with van der Waals surface area (Å²) in [7, 11) is 0. The molecular weight excluding hydrogens is 538 g/mol. The standard InChI is InChI=1S/C14H17F3N2O.C14H15F3N2O/c2*1-9(2)7-10-8-19(13(20)18-10)12-6-4-3-5-11(12)14(15,16)17/h3-6,9-10H,7-8H2,1-2H3,(H,18,20);3-6,8-9H,7H2,1-2H3,(H,18,20). The molecule has 40 heavy (non-hydrogen) atoms. The maximum atomic E-state index is 13.0. The molecule has 1 saturated heterocycles. The highest BCUT2D eigenvalue weighted by atomic mass is 19.4. The van der Waals surface area contributed by atoms with E-state index in [-0.39, 0.29) is 24.0 Å². The molecule has 1 aliphatic heterocycles. The summed E-state index contributed by atoms with van der Waals surface area (Å²) >= 11 is 0. The van der Waals surface area contributed by atoms with Gasteiger partial charge in [-0.3, -0.25) is 9.47 Å². The van der Waals surface area contributed by atoms with Gasteiger partial charge in [-0.25, -0.2) is 9.59 Å². The van der Waals surface area contributed by atoms with Gasteiger partial charge in [0, 0.05) is 24.5 Å². The number of halogens is 6. The van der Waals surface area contributed by atoms with E-state index in [1.54, 1.807) is 0 Å². The Morgan fingerprint density at radius 1 is 0.825 bits per heavy atom. The molecule has 0 saturated carbocycles. The Hall–Kier alpha value is -3.70. The Balaban J connectivity index is 0.000000220. The molecule has 0 bridgehead atoms. The number of anilines is 1. The lowest BCUT2D eigenvalue weighted by atomic mass is 10.0. The number of aromatic nitrogens is 2. The smallest absolute Gasteiger partial charge is 0.333 e. The van der Waals surface area contributed by atoms with Crippen molar-refractivity contribution in [2.75, 3.05) is 11.4 Å². The van der Waals surface area contributed by atoms with Crippen LogP contribution in [0.5, 0.6) is 0 Å². The van der Waals surface area contributed by atoms with Gasteiger partial charge in [-0.2, -0.15) is 26.3 Å². The molecule has 0 aliphatic carbocycles. The highest BCUT2D eigenvalue weighted by molar-refractivity contribution is 5.95. The fourth-order valence-corrected chi connectivity index (χ4v) is 4.55. The molecule has 1 aliphatic rings. The van der Waals surface area contributed by atoms with Crippen LogP contribution >= 0.6 is 0 Å². The van der Waals surface area contributed by atoms with Gasteiger partial charge in [0.1, 0.15) is 0 Å². The second kappa shape index (κ2) is 12.2. The van der Waals surface area contributed by atoms with Crippen LogP contribution in [0.1, 0.15) is 50.9 Å². The Morgan fingerprint density at radius 2 is 1.35 bits per heavy atom. The van der Waals surface area contributed by atoms with Crippen molar-refractivity contribution >= 4 is 11.7 Å². The molecule has 2 amide bonds. The predicted octanol–water partition coefficient (Wildman–Crippen LogP) is 7.03. The topological polar surface area (TPSA) is 70.1 Å². The molecule has 2 N–H and O–H groups in total. The quantitative estimate of drug-likeness (QED) is 0.313. The summed E-state index contributed by atoms with van der Waals surface area (Å²) in [6.07, 6.45) is -6.17. The molecule has 2 aromatic carbocycles. The molecule has 1 unspecified atom stereocenters. The number of carbonyl (C=O) groups excluding carboxylic acids is 1. The summed E-state index contributed by atoms with van der Waals surface area (Å²) in [5.74, 6) is 0.678. The van der Waals surface area contributed by atoms with Crippen molar-refractivity contribution in [1.29, 1.82) is 0 Å². The maximum absolute atomic E-state index is 13.0. The lowest BCUT2D eigenvalue weighted by Gasteiger charge is -2.20. The van der Waals surface area contributed by atoms with Gasteiger partial charge < -0.3 is 10.3 Å². The lowest BCUT2D eigenvalue weighted by molar-refractivity contribution is -0.138. The van der Waals surface area contributed by atoms with Gasteiger partial charge in [0.2, 0.25) is 0 Å². The van der Waals surface area contributed by atoms with Crippen LogP contribution in [0, 0.1) is 11.8 Å². The van der Waals surface area contributed by atoms with E-state index < -0.39 is 35.2 Å². The first-order valence-corrected chi connectivity index (χ1v) is 12.8. The lowest BCUT2D eigenvalue weighted by Crippen LogP contribution is -2.30. The van der Waals surface area contributed by atoms with E-state index in [2.05, 4.69) is 10.3 Å². The average Bonchev–Trinajstić information content (AvgIpc) is 3.38. The molecular formula is C28H32F6N4O2. The third-order valence-corrected chi connectivity index (χ3v) is 6.10. The number of hydrogen-bond acceptors (Lipinski definition) is 2. The van der Waals surface area contributed by atoms with Gasteiger partial charge in [0.25, 0.3) is 0 Å². The molecule has 6 nitrogen and oxygen atoms in total. The normalized spacial score (nSPS) is 15.8. The highest BCUT2D eigenvalue weighted by Crippen LogP contribution is 2.37. The first kappa shape index (κ1) is 30.8. The zero-order valence-corrected chi connectivity index (χ0v) is 22.5. The van der Waals surface area contributed by atoms with Crippen molar-refractivity contribution in [3.8, 4) is 5.69 Å². The number of benzene rings is 2. The number of hydrogen-bond donors (Lipinski definition) is 2. The SMILES string of the molecule is CC(C)CC1CN(c2ccccc2C(F)(F)F)C(=O)N1.CC(C)Cc1cn(-c2ccccc2C(F)(F)F)c(=O)[nH]1. The van der Waals surface area contributed by atoms with Crippen molar-refractivity contribution in [2.24, 2.45) is 11.8 Å². The molecule has 1 aromatic heterocycles. The van der Waals surface area contributed by atoms with Gasteiger partial charge in [-0.15, -0.1) is 0 Å². The van der Waals surface area contributed by atoms with Gasteiger partial charge >= 0.3 is 24.1 Å². The van der Waals surface area contributed by atoms with Crippen LogP contribution in [0.3, 0.4) is 0 Å². The van der Waals surface area contributed by atoms with Crippen molar-refractivity contribution in [3.05, 3.63) is 82.0 Å². The van der Waals surface area contributed by atoms with Crippen LogP contribution in [0.4, 0.5) is 36.8 Å². The third kappa shape index (κ3) is 7.70. The number of carbonyl (C=O) groups is 1. The maximum Gasteiger partial charge on any atom is 0.418 e. The van der Waals surface area contributed by atoms with E-state index in [0.717, 1.165) is 23.1 Å². The van der Waals surface area contributed by atoms with Gasteiger partial charge in [0.15, 0.2) is 0 Å². The number of alkyl halides is 6. The summed E-state index contributed by atoms with van der Waals surface area (Å²) in [6, 6.07) is 9.63. The minimum atomic E-state index is -4.49. The Kier molecular flexibility index (Phi) is 9.42. The number of rotatable bonds is 6. The van der Waals surface area contributed by atoms with E-state index in [0.29, 0.717) is 24.0 Å². The number of aromatic amines is 1. The summed E-state index contributed by atoms with van der Waals surface area (Å²) < 4.78 is 78.8. The molecule has 4 rings (SSSR count). The number of imidazole rings is 1. The molecule has 1 fully saturated rings. The van der Waals surface area contributed by atoms with Crippen molar-refractivity contribution in [2.45, 2.75) is 58.9 Å². The van der Waals surface area contributed by atoms with Crippen molar-refractivity contribution in [1.82, 2.24) is 14.9 Å². The summed E-state index contributed by atoms with van der Waals surface area (Å²) in [6.45, 7) is 8.24. The largest absolute Gasteiger partial charge is 0.418 e. The Morgan fingerprint density at radius 3 is 1.88 bits per heavy atom. The minimum Gasteiger partial charge on any atom is -0.333 e. The number of urea groups is 1. The second-order valence-corrected chi connectivity index (χ2v) is 10.5. The summed E-state index contributed by atoms with van der Waals surface area (Å²) in [5.41, 5.74) is -1.77. The van der Waals surface area contributed by atoms with E-state index in [1.807, 2.05) is 27.7 Å². The van der Waals surface area contributed by atoms with Gasteiger partial charge in [-0.05, 0) is 48.9 Å². The highest BCUT2D eigenvalue weighted by Gasteiger charge is 2.39. The zero-order valence-electron chi connectivity index (χ0n) is 22.5. The van der Waals surface area contributed by atoms with Crippen molar-refractivity contribution < 1.29 is 31.1 Å². The van der Waals surface area contributed by atoms with E-state index in [1.165, 1.54) is 47.5 Å². The molecule has 2 heterocycles. The third-order valence-electron chi connectivity index (χ3n) is 6.10. The first-order valence-electron chi connectivity index (χ1n) is 12.8. The number of amides is 2. The summed E-state index contributed by atoms with van der Waals surface area (Å²) in [4.78, 5) is 27.5. The number of nitrogens with one attached hydrogen (secondary N) is 2. The van der Waals surface area contributed by atoms with Crippen LogP contribution in [-0.4, -0.2) is 28.2 Å². The van der Waals surface area contributed by atoms with E-state index in [4.69, 9.17) is 0 Å². The minimum absolute atomic E-state index is 0.0799. The molecule has 0 radical (unpaired) electrons. The van der Waals surface area contributed by atoms with Crippen LogP contribution in [0.15, 0.2) is 59.5 Å². The van der Waals surface area contributed by atoms with Crippen molar-refractivity contribution in [3.63, 3.8) is 0 Å². The fourth-order valence-electron chi connectivity index (χ4n) is 4.55. The van der Waals surface area contributed by atoms with Crippen LogP contribution in [0.25, 0.3) is 5.69 Å². The van der Waals surface area contributed by atoms with Crippen LogP contribution in [0.2, 0.25) is 0 Å². The molecule has 3 aromatic rings. The molecule has 12 heteroatoms. The van der Waals surface area contributed by atoms with Crippen LogP contribution in [-0.2, 0) is 18.8 Å². The number of para-hydroxylation sites is 2. The molecule has 1 atom stereocenters.